The van der Waals surface area contributed by atoms with Gasteiger partial charge in [0.15, 0.2) is 0 Å². The van der Waals surface area contributed by atoms with E-state index in [2.05, 4.69) is 5.32 Å². The molecule has 0 aliphatic heterocycles. The second-order valence-corrected chi connectivity index (χ2v) is 2.12. The first-order chi connectivity index (χ1) is 5.24. The third kappa shape index (κ3) is 1.98. The van der Waals surface area contributed by atoms with Crippen LogP contribution in [0.3, 0.4) is 0 Å². The molecule has 2 radical (unpaired) electrons. The lowest BCUT2D eigenvalue weighted by Gasteiger charge is -2.00. The Kier molecular flexibility index (Phi) is 2.54. The van der Waals surface area contributed by atoms with Crippen molar-refractivity contribution in [3.8, 4) is 0 Å². The average Bonchev–Trinajstić information content (AvgIpc) is 1.95. The second-order valence-electron chi connectivity index (χ2n) is 2.12. The monoisotopic (exact) mass is 155 g/mol. The van der Waals surface area contributed by atoms with Crippen molar-refractivity contribution in [1.82, 2.24) is 5.32 Å². The first-order valence-electron chi connectivity index (χ1n) is 3.11. The summed E-state index contributed by atoms with van der Waals surface area (Å²) in [6.07, 6.45) is 0. The minimum absolute atomic E-state index is 0.201. The molecule has 0 atom stereocenters. The van der Waals surface area contributed by atoms with Crippen LogP contribution in [0.25, 0.3) is 0 Å². The van der Waals surface area contributed by atoms with Gasteiger partial charge in [-0.1, -0.05) is 6.07 Å². The van der Waals surface area contributed by atoms with Gasteiger partial charge in [-0.2, -0.15) is 0 Å². The molecule has 0 aliphatic rings. The molecule has 0 unspecified atom stereocenters. The van der Waals surface area contributed by atoms with Crippen molar-refractivity contribution < 1.29 is 8.78 Å². The summed E-state index contributed by atoms with van der Waals surface area (Å²) >= 11 is 0. The highest BCUT2D eigenvalue weighted by molar-refractivity contribution is 5.18. The van der Waals surface area contributed by atoms with Gasteiger partial charge >= 0.3 is 0 Å². The summed E-state index contributed by atoms with van der Waals surface area (Å²) < 4.78 is 25.0. The summed E-state index contributed by atoms with van der Waals surface area (Å²) in [6.45, 7) is 0.201. The van der Waals surface area contributed by atoms with Gasteiger partial charge < -0.3 is 5.32 Å². The lowest BCUT2D eigenvalue weighted by Crippen LogP contribution is -2.04. The smallest absolute Gasteiger partial charge is 0.130 e. The maximum atomic E-state index is 12.7. The Labute approximate surface area is 64.0 Å². The zero-order valence-corrected chi connectivity index (χ0v) is 5.77. The number of benzene rings is 1. The number of rotatable bonds is 2. The van der Waals surface area contributed by atoms with E-state index in [9.17, 15) is 8.78 Å². The van der Waals surface area contributed by atoms with Crippen LogP contribution in [0.15, 0.2) is 18.2 Å². The first-order valence-corrected chi connectivity index (χ1v) is 3.11. The maximum Gasteiger partial charge on any atom is 0.130 e. The predicted molar refractivity (Wildman–Crippen MR) is 37.5 cm³/mol. The molecular weight excluding hydrogens is 148 g/mol. The summed E-state index contributed by atoms with van der Waals surface area (Å²) in [6, 6.07) is 3.37. The van der Waals surface area contributed by atoms with Crippen molar-refractivity contribution in [3.05, 3.63) is 42.4 Å². The Balaban J connectivity index is 2.90. The van der Waals surface area contributed by atoms with Gasteiger partial charge in [0.05, 0.1) is 0 Å². The maximum absolute atomic E-state index is 12.7. The molecule has 0 spiro atoms. The molecule has 11 heavy (non-hydrogen) atoms. The molecule has 0 fully saturated rings. The molecular formula is C8H7F2N. The van der Waals surface area contributed by atoms with Crippen LogP contribution in [0.4, 0.5) is 8.78 Å². The molecule has 1 aromatic rings. The third-order valence-electron chi connectivity index (χ3n) is 1.31. The zero-order chi connectivity index (χ0) is 8.27. The van der Waals surface area contributed by atoms with Crippen molar-refractivity contribution in [2.24, 2.45) is 0 Å². The lowest BCUT2D eigenvalue weighted by molar-refractivity contribution is 0.568. The van der Waals surface area contributed by atoms with E-state index < -0.39 is 11.6 Å². The van der Waals surface area contributed by atoms with E-state index in [4.69, 9.17) is 7.05 Å². The van der Waals surface area contributed by atoms with Crippen molar-refractivity contribution >= 4 is 0 Å². The van der Waals surface area contributed by atoms with Gasteiger partial charge in [-0.25, -0.2) is 8.78 Å². The molecule has 0 saturated carbocycles. The Morgan fingerprint density at radius 1 is 1.36 bits per heavy atom. The third-order valence-corrected chi connectivity index (χ3v) is 1.31. The topological polar surface area (TPSA) is 12.0 Å². The molecule has 0 bridgehead atoms. The number of halogens is 2. The van der Waals surface area contributed by atoms with Gasteiger partial charge in [-0.05, 0) is 6.07 Å². The number of nitrogens with one attached hydrogen (secondary N) is 1. The largest absolute Gasteiger partial charge is 0.307 e. The fourth-order valence-corrected chi connectivity index (χ4v) is 0.775. The zero-order valence-electron chi connectivity index (χ0n) is 5.77. The van der Waals surface area contributed by atoms with Gasteiger partial charge in [0.2, 0.25) is 0 Å². The van der Waals surface area contributed by atoms with Crippen molar-refractivity contribution in [2.75, 3.05) is 0 Å². The molecule has 0 aromatic heterocycles. The van der Waals surface area contributed by atoms with Crippen molar-refractivity contribution in [1.29, 1.82) is 0 Å². The highest BCUT2D eigenvalue weighted by Crippen LogP contribution is 2.08. The fourth-order valence-electron chi connectivity index (χ4n) is 0.775. The summed E-state index contributed by atoms with van der Waals surface area (Å²) in [5.41, 5.74) is 0.355. The molecule has 0 heterocycles. The van der Waals surface area contributed by atoms with Crippen LogP contribution >= 0.6 is 0 Å². The van der Waals surface area contributed by atoms with Crippen molar-refractivity contribution in [2.45, 2.75) is 6.54 Å². The van der Waals surface area contributed by atoms with E-state index in [0.29, 0.717) is 5.56 Å². The van der Waals surface area contributed by atoms with Gasteiger partial charge in [0.1, 0.15) is 11.6 Å². The number of hydrogen-bond acceptors (Lipinski definition) is 1. The lowest BCUT2D eigenvalue weighted by atomic mass is 10.2. The summed E-state index contributed by atoms with van der Waals surface area (Å²) in [7, 11) is 4.96. The minimum atomic E-state index is -0.581. The minimum Gasteiger partial charge on any atom is -0.307 e. The van der Waals surface area contributed by atoms with Crippen LogP contribution in [-0.2, 0) is 6.54 Å². The van der Waals surface area contributed by atoms with Crippen molar-refractivity contribution in [3.63, 3.8) is 0 Å². The van der Waals surface area contributed by atoms with Gasteiger partial charge in [0, 0.05) is 25.2 Å². The van der Waals surface area contributed by atoms with Crippen LogP contribution in [0.5, 0.6) is 0 Å². The second kappa shape index (κ2) is 3.44. The van der Waals surface area contributed by atoms with E-state index in [1.807, 2.05) is 0 Å². The first kappa shape index (κ1) is 8.14. The Bertz CT molecular complexity index is 248. The fraction of sp³-hybridized carbons (Fsp3) is 0.125. The molecule has 58 valence electrons. The standard InChI is InChI=1S/C8H7F2N/c1-11-5-6-2-3-7(9)4-8(6)10/h1-4,11H,5H2. The SMILES string of the molecule is [CH]NCc1ccc(F)cc1F. The van der Waals surface area contributed by atoms with Crippen LogP contribution in [-0.4, -0.2) is 0 Å². The molecule has 1 rings (SSSR count). The normalized spacial score (nSPS) is 10.1. The van der Waals surface area contributed by atoms with Gasteiger partial charge in [-0.3, -0.25) is 0 Å². The molecule has 1 aromatic carbocycles. The van der Waals surface area contributed by atoms with Crippen LogP contribution in [0.2, 0.25) is 0 Å². The van der Waals surface area contributed by atoms with Gasteiger partial charge in [-0.15, -0.1) is 0 Å². The summed E-state index contributed by atoms with van der Waals surface area (Å²) in [5, 5.41) is 2.28. The van der Waals surface area contributed by atoms with E-state index in [-0.39, 0.29) is 6.54 Å². The summed E-state index contributed by atoms with van der Waals surface area (Å²) in [5.74, 6) is -1.16. The average molecular weight is 155 g/mol. The van der Waals surface area contributed by atoms with E-state index in [1.54, 1.807) is 0 Å². The molecule has 0 saturated heterocycles. The molecule has 3 heteroatoms. The van der Waals surface area contributed by atoms with Crippen LogP contribution in [0.1, 0.15) is 5.56 Å². The molecule has 1 nitrogen and oxygen atoms in total. The predicted octanol–water partition coefficient (Wildman–Crippen LogP) is 1.72. The van der Waals surface area contributed by atoms with Crippen LogP contribution < -0.4 is 5.32 Å². The van der Waals surface area contributed by atoms with E-state index >= 15 is 0 Å². The van der Waals surface area contributed by atoms with E-state index in [1.165, 1.54) is 12.1 Å². The molecule has 1 N–H and O–H groups in total. The summed E-state index contributed by atoms with van der Waals surface area (Å²) in [4.78, 5) is 0. The van der Waals surface area contributed by atoms with E-state index in [0.717, 1.165) is 6.07 Å². The molecule has 0 amide bonds. The highest BCUT2D eigenvalue weighted by atomic mass is 19.1. The van der Waals surface area contributed by atoms with Gasteiger partial charge in [0.25, 0.3) is 0 Å². The Morgan fingerprint density at radius 2 is 2.09 bits per heavy atom. The number of hydrogen-bond donors (Lipinski definition) is 1. The quantitative estimate of drug-likeness (QED) is 0.641. The highest BCUT2D eigenvalue weighted by Gasteiger charge is 2.00. The molecule has 0 aliphatic carbocycles. The van der Waals surface area contributed by atoms with Crippen LogP contribution in [0, 0.1) is 18.7 Å². The Morgan fingerprint density at radius 3 is 2.64 bits per heavy atom. The Hall–Kier alpha value is -0.960.